The molecule has 5 nitrogen and oxygen atoms in total. The fraction of sp³-hybridized carbons (Fsp3) is 0.263. The van der Waals surface area contributed by atoms with Crippen molar-refractivity contribution in [3.05, 3.63) is 58.1 Å². The number of rotatable bonds is 6. The summed E-state index contributed by atoms with van der Waals surface area (Å²) in [5, 5.41) is 6.64. The van der Waals surface area contributed by atoms with Crippen LogP contribution >= 0.6 is 23.2 Å². The maximum atomic E-state index is 12.3. The molecule has 0 radical (unpaired) electrons. The largest absolute Gasteiger partial charge is 0.495 e. The van der Waals surface area contributed by atoms with E-state index in [1.807, 2.05) is 18.2 Å². The van der Waals surface area contributed by atoms with Crippen LogP contribution < -0.4 is 15.4 Å². The van der Waals surface area contributed by atoms with Crippen LogP contribution in [-0.2, 0) is 16.1 Å². The fourth-order valence-electron chi connectivity index (χ4n) is 2.71. The van der Waals surface area contributed by atoms with Gasteiger partial charge in [0, 0.05) is 17.3 Å². The molecule has 2 aromatic rings. The van der Waals surface area contributed by atoms with Crippen molar-refractivity contribution in [2.75, 3.05) is 12.4 Å². The highest BCUT2D eigenvalue weighted by Gasteiger charge is 2.47. The monoisotopic (exact) mass is 392 g/mol. The molecule has 0 aromatic heterocycles. The lowest BCUT2D eigenvalue weighted by Gasteiger charge is -2.09. The van der Waals surface area contributed by atoms with E-state index < -0.39 is 0 Å². The van der Waals surface area contributed by atoms with Gasteiger partial charge in [0.1, 0.15) is 5.75 Å². The average Bonchev–Trinajstić information content (AvgIpc) is 3.42. The molecule has 0 saturated heterocycles. The molecule has 26 heavy (non-hydrogen) atoms. The predicted octanol–water partition coefficient (Wildman–Crippen LogP) is 3.89. The molecule has 2 amide bonds. The summed E-state index contributed by atoms with van der Waals surface area (Å²) in [7, 11) is 1.52. The minimum atomic E-state index is -0.331. The van der Waals surface area contributed by atoms with E-state index in [9.17, 15) is 9.59 Å². The van der Waals surface area contributed by atoms with Crippen molar-refractivity contribution in [2.24, 2.45) is 11.8 Å². The van der Waals surface area contributed by atoms with E-state index in [0.29, 0.717) is 34.4 Å². The highest BCUT2D eigenvalue weighted by Crippen LogP contribution is 2.40. The first-order chi connectivity index (χ1) is 12.5. The van der Waals surface area contributed by atoms with Crippen molar-refractivity contribution in [1.82, 2.24) is 5.32 Å². The summed E-state index contributed by atoms with van der Waals surface area (Å²) in [6, 6.07) is 12.3. The van der Waals surface area contributed by atoms with Gasteiger partial charge in [0.2, 0.25) is 11.8 Å². The van der Waals surface area contributed by atoms with Gasteiger partial charge in [0.05, 0.1) is 24.0 Å². The smallest absolute Gasteiger partial charge is 0.228 e. The topological polar surface area (TPSA) is 67.4 Å². The number of amides is 2. The highest BCUT2D eigenvalue weighted by atomic mass is 35.5. The first-order valence-corrected chi connectivity index (χ1v) is 8.90. The van der Waals surface area contributed by atoms with E-state index in [1.54, 1.807) is 24.3 Å². The predicted molar refractivity (Wildman–Crippen MR) is 102 cm³/mol. The van der Waals surface area contributed by atoms with Gasteiger partial charge < -0.3 is 15.4 Å². The number of benzene rings is 2. The Morgan fingerprint density at radius 3 is 2.50 bits per heavy atom. The summed E-state index contributed by atoms with van der Waals surface area (Å²) in [4.78, 5) is 24.5. The molecule has 1 fully saturated rings. The fourth-order valence-corrected chi connectivity index (χ4v) is 3.17. The SMILES string of the molecule is COc1ccc(NC(=O)C2CC2C(=O)NCc2ccccc2Cl)cc1Cl. The first-order valence-electron chi connectivity index (χ1n) is 8.15. The van der Waals surface area contributed by atoms with Crippen molar-refractivity contribution in [3.63, 3.8) is 0 Å². The summed E-state index contributed by atoms with van der Waals surface area (Å²) in [5.74, 6) is -0.441. The third kappa shape index (κ3) is 4.29. The molecule has 0 heterocycles. The van der Waals surface area contributed by atoms with E-state index in [-0.39, 0.29) is 23.7 Å². The molecule has 3 rings (SSSR count). The van der Waals surface area contributed by atoms with E-state index in [2.05, 4.69) is 10.6 Å². The van der Waals surface area contributed by atoms with Crippen molar-refractivity contribution >= 4 is 40.7 Å². The molecule has 0 aliphatic heterocycles. The van der Waals surface area contributed by atoms with Gasteiger partial charge in [-0.15, -0.1) is 0 Å². The molecule has 1 aliphatic carbocycles. The van der Waals surface area contributed by atoms with Gasteiger partial charge in [0.15, 0.2) is 0 Å². The number of ether oxygens (including phenoxy) is 1. The first kappa shape index (κ1) is 18.5. The number of carbonyl (C=O) groups is 2. The van der Waals surface area contributed by atoms with Crippen LogP contribution in [0.3, 0.4) is 0 Å². The molecule has 2 N–H and O–H groups in total. The van der Waals surface area contributed by atoms with Crippen LogP contribution in [0, 0.1) is 11.8 Å². The minimum Gasteiger partial charge on any atom is -0.495 e. The minimum absolute atomic E-state index is 0.141. The molecule has 1 aliphatic rings. The Morgan fingerprint density at radius 1 is 1.08 bits per heavy atom. The number of hydrogen-bond acceptors (Lipinski definition) is 3. The second kappa shape index (κ2) is 7.98. The molecule has 1 saturated carbocycles. The third-order valence-corrected chi connectivity index (χ3v) is 4.96. The van der Waals surface area contributed by atoms with Gasteiger partial charge in [-0.1, -0.05) is 41.4 Å². The van der Waals surface area contributed by atoms with Gasteiger partial charge in [-0.25, -0.2) is 0 Å². The molecular formula is C19H18Cl2N2O3. The Kier molecular flexibility index (Phi) is 5.69. The van der Waals surface area contributed by atoms with Gasteiger partial charge >= 0.3 is 0 Å². The number of carbonyl (C=O) groups excluding carboxylic acids is 2. The van der Waals surface area contributed by atoms with E-state index >= 15 is 0 Å². The molecule has 2 atom stereocenters. The summed E-state index contributed by atoms with van der Waals surface area (Å²) >= 11 is 12.1. The van der Waals surface area contributed by atoms with Crippen LogP contribution in [0.25, 0.3) is 0 Å². The van der Waals surface area contributed by atoms with Crippen LogP contribution in [0.15, 0.2) is 42.5 Å². The van der Waals surface area contributed by atoms with E-state index in [1.165, 1.54) is 7.11 Å². The van der Waals surface area contributed by atoms with Crippen LogP contribution in [0.4, 0.5) is 5.69 Å². The Labute approximate surface area is 161 Å². The lowest BCUT2D eigenvalue weighted by atomic mass is 10.2. The average molecular weight is 393 g/mol. The van der Waals surface area contributed by atoms with Gasteiger partial charge in [0.25, 0.3) is 0 Å². The van der Waals surface area contributed by atoms with Gasteiger partial charge in [-0.3, -0.25) is 9.59 Å². The maximum absolute atomic E-state index is 12.3. The molecule has 7 heteroatoms. The summed E-state index contributed by atoms with van der Waals surface area (Å²) in [6.45, 7) is 0.345. The quantitative estimate of drug-likeness (QED) is 0.783. The summed E-state index contributed by atoms with van der Waals surface area (Å²) < 4.78 is 5.08. The van der Waals surface area contributed by atoms with Crippen LogP contribution in [0.2, 0.25) is 10.0 Å². The molecule has 2 aromatic carbocycles. The van der Waals surface area contributed by atoms with Crippen LogP contribution in [0.1, 0.15) is 12.0 Å². The standard InChI is InChI=1S/C19H18Cl2N2O3/c1-26-17-7-6-12(8-16(17)21)23-19(25)14-9-13(14)18(24)22-10-11-4-2-3-5-15(11)20/h2-8,13-14H,9-10H2,1H3,(H,22,24)(H,23,25). The Hall–Kier alpha value is -2.24. The number of hydrogen-bond donors (Lipinski definition) is 2. The number of nitrogens with one attached hydrogen (secondary N) is 2. The molecule has 0 spiro atoms. The molecule has 0 bridgehead atoms. The summed E-state index contributed by atoms with van der Waals surface area (Å²) in [6.07, 6.45) is 0.532. The van der Waals surface area contributed by atoms with Gasteiger partial charge in [-0.2, -0.15) is 0 Å². The Balaban J connectivity index is 1.51. The van der Waals surface area contributed by atoms with E-state index in [0.717, 1.165) is 5.56 Å². The zero-order chi connectivity index (χ0) is 18.7. The number of anilines is 1. The van der Waals surface area contributed by atoms with Crippen molar-refractivity contribution in [2.45, 2.75) is 13.0 Å². The van der Waals surface area contributed by atoms with Gasteiger partial charge in [-0.05, 0) is 36.2 Å². The molecule has 136 valence electrons. The number of methoxy groups -OCH3 is 1. The maximum Gasteiger partial charge on any atom is 0.228 e. The third-order valence-electron chi connectivity index (χ3n) is 4.29. The Morgan fingerprint density at radius 2 is 1.81 bits per heavy atom. The van der Waals surface area contributed by atoms with Crippen molar-refractivity contribution in [1.29, 1.82) is 0 Å². The van der Waals surface area contributed by atoms with Crippen molar-refractivity contribution < 1.29 is 14.3 Å². The highest BCUT2D eigenvalue weighted by molar-refractivity contribution is 6.32. The lowest BCUT2D eigenvalue weighted by molar-refractivity contribution is -0.125. The van der Waals surface area contributed by atoms with E-state index in [4.69, 9.17) is 27.9 Å². The van der Waals surface area contributed by atoms with Crippen LogP contribution in [0.5, 0.6) is 5.75 Å². The molecule has 2 unspecified atom stereocenters. The zero-order valence-corrected chi connectivity index (χ0v) is 15.6. The second-order valence-electron chi connectivity index (χ2n) is 6.10. The van der Waals surface area contributed by atoms with Crippen LogP contribution in [-0.4, -0.2) is 18.9 Å². The number of halogens is 2. The zero-order valence-electron chi connectivity index (χ0n) is 14.1. The molecular weight excluding hydrogens is 375 g/mol. The summed E-state index contributed by atoms with van der Waals surface area (Å²) in [5.41, 5.74) is 1.42. The normalized spacial score (nSPS) is 18.1. The second-order valence-corrected chi connectivity index (χ2v) is 6.91. The lowest BCUT2D eigenvalue weighted by Crippen LogP contribution is -2.27. The van der Waals surface area contributed by atoms with Crippen molar-refractivity contribution in [3.8, 4) is 5.75 Å². The Bertz CT molecular complexity index is 841.